The third kappa shape index (κ3) is 3.14. The Morgan fingerprint density at radius 2 is 2.21 bits per heavy atom. The summed E-state index contributed by atoms with van der Waals surface area (Å²) in [5.41, 5.74) is 2.28. The molecule has 1 aromatic rings. The topological polar surface area (TPSA) is 61.4 Å². The van der Waals surface area contributed by atoms with Crippen molar-refractivity contribution in [3.05, 3.63) is 35.4 Å². The van der Waals surface area contributed by atoms with E-state index in [0.717, 1.165) is 12.1 Å². The first kappa shape index (κ1) is 14.0. The van der Waals surface area contributed by atoms with Gasteiger partial charge in [-0.15, -0.1) is 0 Å². The maximum atomic E-state index is 12.4. The summed E-state index contributed by atoms with van der Waals surface area (Å²) in [6, 6.07) is 7.85. The van der Waals surface area contributed by atoms with Crippen molar-refractivity contribution in [2.24, 2.45) is 5.92 Å². The first-order chi connectivity index (χ1) is 9.13. The third-order valence-corrected chi connectivity index (χ3v) is 3.74. The zero-order valence-corrected chi connectivity index (χ0v) is 11.5. The van der Waals surface area contributed by atoms with Gasteiger partial charge in [-0.3, -0.25) is 4.79 Å². The van der Waals surface area contributed by atoms with Gasteiger partial charge in [0.25, 0.3) is 0 Å². The lowest BCUT2D eigenvalue weighted by Crippen LogP contribution is -2.46. The Labute approximate surface area is 114 Å². The number of carbonyl (C=O) groups is 1. The summed E-state index contributed by atoms with van der Waals surface area (Å²) in [5, 5.41) is 15.5. The monoisotopic (exact) mass is 262 g/mol. The predicted octanol–water partition coefficient (Wildman–Crippen LogP) is 1.01. The van der Waals surface area contributed by atoms with E-state index in [1.807, 2.05) is 38.1 Å². The number of hydrogen-bond donors (Lipinski definition) is 3. The average molecular weight is 262 g/mol. The normalized spacial score (nSPS) is 19.9. The number of hydrogen-bond acceptors (Lipinski definition) is 3. The Kier molecular flexibility index (Phi) is 4.56. The van der Waals surface area contributed by atoms with Crippen molar-refractivity contribution >= 4 is 5.91 Å². The molecule has 2 rings (SSSR count). The van der Waals surface area contributed by atoms with Crippen LogP contribution in [-0.2, 0) is 11.3 Å². The molecule has 3 N–H and O–H groups in total. The zero-order chi connectivity index (χ0) is 13.8. The predicted molar refractivity (Wildman–Crippen MR) is 74.7 cm³/mol. The lowest BCUT2D eigenvalue weighted by atomic mass is 9.89. The van der Waals surface area contributed by atoms with Crippen molar-refractivity contribution in [1.29, 1.82) is 0 Å². The Morgan fingerprint density at radius 1 is 1.47 bits per heavy atom. The van der Waals surface area contributed by atoms with Crippen LogP contribution in [0.4, 0.5) is 0 Å². The molecular weight excluding hydrogens is 240 g/mol. The van der Waals surface area contributed by atoms with Gasteiger partial charge >= 0.3 is 0 Å². The average Bonchev–Trinajstić information content (AvgIpc) is 2.43. The van der Waals surface area contributed by atoms with Gasteiger partial charge in [-0.05, 0) is 17.0 Å². The van der Waals surface area contributed by atoms with Crippen LogP contribution < -0.4 is 10.6 Å². The van der Waals surface area contributed by atoms with Gasteiger partial charge in [-0.25, -0.2) is 0 Å². The molecular formula is C15H22N2O2. The summed E-state index contributed by atoms with van der Waals surface area (Å²) in [4.78, 5) is 12.4. The smallest absolute Gasteiger partial charge is 0.229 e. The zero-order valence-electron chi connectivity index (χ0n) is 11.5. The van der Waals surface area contributed by atoms with Crippen molar-refractivity contribution in [1.82, 2.24) is 10.6 Å². The molecule has 0 bridgehead atoms. The summed E-state index contributed by atoms with van der Waals surface area (Å²) < 4.78 is 0. The SMILES string of the molecule is CC(C)[C@@H](CO)NC(=O)C1CNCc2ccccc21. The van der Waals surface area contributed by atoms with Gasteiger partial charge < -0.3 is 15.7 Å². The lowest BCUT2D eigenvalue weighted by molar-refractivity contribution is -0.124. The van der Waals surface area contributed by atoms with Crippen molar-refractivity contribution < 1.29 is 9.90 Å². The van der Waals surface area contributed by atoms with Crippen LogP contribution in [0.25, 0.3) is 0 Å². The Hall–Kier alpha value is -1.39. The summed E-state index contributed by atoms with van der Waals surface area (Å²) in [7, 11) is 0. The number of aliphatic hydroxyl groups is 1. The van der Waals surface area contributed by atoms with E-state index in [0.29, 0.717) is 6.54 Å². The van der Waals surface area contributed by atoms with Crippen molar-refractivity contribution in [2.75, 3.05) is 13.2 Å². The number of aliphatic hydroxyl groups excluding tert-OH is 1. The van der Waals surface area contributed by atoms with Gasteiger partial charge in [0.05, 0.1) is 18.6 Å². The van der Waals surface area contributed by atoms with Gasteiger partial charge in [-0.2, -0.15) is 0 Å². The molecule has 0 fully saturated rings. The molecule has 0 saturated carbocycles. The molecule has 0 aromatic heterocycles. The number of carbonyl (C=O) groups excluding carboxylic acids is 1. The second-order valence-corrected chi connectivity index (χ2v) is 5.42. The first-order valence-corrected chi connectivity index (χ1v) is 6.83. The Bertz CT molecular complexity index is 446. The molecule has 0 radical (unpaired) electrons. The second-order valence-electron chi connectivity index (χ2n) is 5.42. The maximum absolute atomic E-state index is 12.4. The summed E-state index contributed by atoms with van der Waals surface area (Å²) in [5.74, 6) is 0.0471. The maximum Gasteiger partial charge on any atom is 0.229 e. The molecule has 1 aliphatic rings. The first-order valence-electron chi connectivity index (χ1n) is 6.83. The highest BCUT2D eigenvalue weighted by molar-refractivity contribution is 5.85. The van der Waals surface area contributed by atoms with Crippen LogP contribution in [0.3, 0.4) is 0 Å². The highest BCUT2D eigenvalue weighted by Crippen LogP contribution is 2.24. The van der Waals surface area contributed by atoms with E-state index in [9.17, 15) is 9.90 Å². The molecule has 1 heterocycles. The van der Waals surface area contributed by atoms with Crippen LogP contribution in [0, 0.1) is 5.92 Å². The van der Waals surface area contributed by atoms with Gasteiger partial charge in [0, 0.05) is 13.1 Å². The highest BCUT2D eigenvalue weighted by Gasteiger charge is 2.27. The van der Waals surface area contributed by atoms with E-state index >= 15 is 0 Å². The van der Waals surface area contributed by atoms with E-state index < -0.39 is 0 Å². The Morgan fingerprint density at radius 3 is 2.89 bits per heavy atom. The summed E-state index contributed by atoms with van der Waals surface area (Å²) >= 11 is 0. The number of nitrogens with one attached hydrogen (secondary N) is 2. The molecule has 0 saturated heterocycles. The van der Waals surface area contributed by atoms with E-state index in [2.05, 4.69) is 10.6 Å². The lowest BCUT2D eigenvalue weighted by Gasteiger charge is -2.28. The molecule has 104 valence electrons. The minimum Gasteiger partial charge on any atom is -0.394 e. The van der Waals surface area contributed by atoms with E-state index in [4.69, 9.17) is 0 Å². The Balaban J connectivity index is 2.12. The molecule has 1 unspecified atom stereocenters. The van der Waals surface area contributed by atoms with Crippen LogP contribution in [0.15, 0.2) is 24.3 Å². The molecule has 4 nitrogen and oxygen atoms in total. The van der Waals surface area contributed by atoms with Gasteiger partial charge in [0.2, 0.25) is 5.91 Å². The van der Waals surface area contributed by atoms with Crippen LogP contribution >= 0.6 is 0 Å². The molecule has 1 aliphatic heterocycles. The van der Waals surface area contributed by atoms with Gasteiger partial charge in [-0.1, -0.05) is 38.1 Å². The number of benzene rings is 1. The molecule has 19 heavy (non-hydrogen) atoms. The van der Waals surface area contributed by atoms with Gasteiger partial charge in [0.1, 0.15) is 0 Å². The summed E-state index contributed by atoms with van der Waals surface area (Å²) in [6.45, 7) is 5.43. The van der Waals surface area contributed by atoms with E-state index in [1.54, 1.807) is 0 Å². The molecule has 1 amide bonds. The highest BCUT2D eigenvalue weighted by atomic mass is 16.3. The van der Waals surface area contributed by atoms with Crippen molar-refractivity contribution in [3.63, 3.8) is 0 Å². The summed E-state index contributed by atoms with van der Waals surface area (Å²) in [6.07, 6.45) is 0. The van der Waals surface area contributed by atoms with Crippen LogP contribution in [0.2, 0.25) is 0 Å². The number of fused-ring (bicyclic) bond motifs is 1. The largest absolute Gasteiger partial charge is 0.394 e. The molecule has 1 aromatic carbocycles. The molecule has 0 spiro atoms. The molecule has 4 heteroatoms. The second kappa shape index (κ2) is 6.17. The van der Waals surface area contributed by atoms with Gasteiger partial charge in [0.15, 0.2) is 0 Å². The fourth-order valence-corrected chi connectivity index (χ4v) is 2.44. The van der Waals surface area contributed by atoms with Crippen LogP contribution in [-0.4, -0.2) is 30.2 Å². The van der Waals surface area contributed by atoms with Crippen LogP contribution in [0.5, 0.6) is 0 Å². The minimum absolute atomic E-state index is 0.00704. The van der Waals surface area contributed by atoms with Crippen molar-refractivity contribution in [2.45, 2.75) is 32.4 Å². The minimum atomic E-state index is -0.179. The fraction of sp³-hybridized carbons (Fsp3) is 0.533. The quantitative estimate of drug-likeness (QED) is 0.759. The number of rotatable bonds is 4. The van der Waals surface area contributed by atoms with E-state index in [-0.39, 0.29) is 30.4 Å². The van der Waals surface area contributed by atoms with E-state index in [1.165, 1.54) is 5.56 Å². The molecule has 0 aliphatic carbocycles. The fourth-order valence-electron chi connectivity index (χ4n) is 2.44. The van der Waals surface area contributed by atoms with Crippen LogP contribution in [0.1, 0.15) is 30.9 Å². The third-order valence-electron chi connectivity index (χ3n) is 3.74. The van der Waals surface area contributed by atoms with Crippen molar-refractivity contribution in [3.8, 4) is 0 Å². The number of amides is 1. The molecule has 2 atom stereocenters. The standard InChI is InChI=1S/C15H22N2O2/c1-10(2)14(9-18)17-15(19)13-8-16-7-11-5-3-4-6-12(11)13/h3-6,10,13-14,16,18H,7-9H2,1-2H3,(H,17,19)/t13?,14-/m1/s1.